The largest absolute Gasteiger partial charge is 0.314 e. The van der Waals surface area contributed by atoms with Crippen LogP contribution in [0, 0.1) is 11.3 Å². The van der Waals surface area contributed by atoms with E-state index >= 15 is 0 Å². The van der Waals surface area contributed by atoms with Crippen LogP contribution in [0.4, 0.5) is 0 Å². The topological polar surface area (TPSA) is 12.0 Å². The van der Waals surface area contributed by atoms with E-state index in [9.17, 15) is 0 Å². The summed E-state index contributed by atoms with van der Waals surface area (Å²) < 4.78 is 0. The van der Waals surface area contributed by atoms with Crippen LogP contribution in [0.2, 0.25) is 0 Å². The maximum atomic E-state index is 3.67. The summed E-state index contributed by atoms with van der Waals surface area (Å²) >= 11 is 0. The van der Waals surface area contributed by atoms with Crippen molar-refractivity contribution in [2.45, 2.75) is 77.7 Å². The van der Waals surface area contributed by atoms with E-state index in [0.29, 0.717) is 5.41 Å². The van der Waals surface area contributed by atoms with Crippen LogP contribution in [0.1, 0.15) is 71.6 Å². The standard InChI is InChI=1S/C15H29N/c1-15(2,11-12-16-14-9-10-14)13-7-5-3-4-6-8-13/h13-14,16H,3-12H2,1-2H3. The predicted octanol–water partition coefficient (Wildman–Crippen LogP) is 4.13. The maximum Gasteiger partial charge on any atom is 0.00682 e. The van der Waals surface area contributed by atoms with Gasteiger partial charge >= 0.3 is 0 Å². The van der Waals surface area contributed by atoms with Gasteiger partial charge in [0.25, 0.3) is 0 Å². The first-order valence-electron chi connectivity index (χ1n) is 7.42. The second-order valence-electron chi connectivity index (χ2n) is 6.66. The summed E-state index contributed by atoms with van der Waals surface area (Å²) in [7, 11) is 0. The lowest BCUT2D eigenvalue weighted by Crippen LogP contribution is -2.29. The van der Waals surface area contributed by atoms with Crippen molar-refractivity contribution in [1.29, 1.82) is 0 Å². The lowest BCUT2D eigenvalue weighted by atomic mass is 9.72. The van der Waals surface area contributed by atoms with E-state index in [0.717, 1.165) is 12.0 Å². The molecule has 0 saturated heterocycles. The quantitative estimate of drug-likeness (QED) is 0.691. The average molecular weight is 223 g/mol. The Kier molecular flexibility index (Phi) is 4.29. The SMILES string of the molecule is CC(C)(CCNC1CC1)C1CCCCCC1. The van der Waals surface area contributed by atoms with Gasteiger partial charge in [-0.2, -0.15) is 0 Å². The molecule has 1 N–H and O–H groups in total. The average Bonchev–Trinajstić information content (AvgIpc) is 3.03. The smallest absolute Gasteiger partial charge is 0.00682 e. The van der Waals surface area contributed by atoms with Gasteiger partial charge in [-0.3, -0.25) is 0 Å². The Morgan fingerprint density at radius 3 is 2.12 bits per heavy atom. The van der Waals surface area contributed by atoms with Gasteiger partial charge in [-0.15, -0.1) is 0 Å². The summed E-state index contributed by atoms with van der Waals surface area (Å²) in [5, 5.41) is 3.67. The Hall–Kier alpha value is -0.0400. The molecule has 0 unspecified atom stereocenters. The zero-order valence-electron chi connectivity index (χ0n) is 11.2. The molecule has 2 aliphatic carbocycles. The van der Waals surface area contributed by atoms with Gasteiger partial charge in [0.2, 0.25) is 0 Å². The van der Waals surface area contributed by atoms with Crippen molar-refractivity contribution in [3.63, 3.8) is 0 Å². The molecule has 0 amide bonds. The zero-order chi connectivity index (χ0) is 11.4. The van der Waals surface area contributed by atoms with Gasteiger partial charge in [0.15, 0.2) is 0 Å². The van der Waals surface area contributed by atoms with Crippen LogP contribution in [0.3, 0.4) is 0 Å². The summed E-state index contributed by atoms with van der Waals surface area (Å²) in [6.45, 7) is 6.24. The molecule has 0 aromatic heterocycles. The molecule has 1 heteroatoms. The van der Waals surface area contributed by atoms with Crippen LogP contribution in [-0.2, 0) is 0 Å². The summed E-state index contributed by atoms with van der Waals surface area (Å²) in [5.41, 5.74) is 0.562. The molecule has 2 fully saturated rings. The van der Waals surface area contributed by atoms with Gasteiger partial charge in [0.05, 0.1) is 0 Å². The van der Waals surface area contributed by atoms with Crippen molar-refractivity contribution in [2.24, 2.45) is 11.3 Å². The van der Waals surface area contributed by atoms with Crippen LogP contribution in [-0.4, -0.2) is 12.6 Å². The van der Waals surface area contributed by atoms with Crippen LogP contribution >= 0.6 is 0 Å². The highest BCUT2D eigenvalue weighted by Crippen LogP contribution is 2.39. The number of nitrogens with one attached hydrogen (secondary N) is 1. The molecule has 2 aliphatic rings. The Morgan fingerprint density at radius 1 is 0.938 bits per heavy atom. The molecule has 0 atom stereocenters. The van der Waals surface area contributed by atoms with Gasteiger partial charge in [-0.25, -0.2) is 0 Å². The van der Waals surface area contributed by atoms with Gasteiger partial charge < -0.3 is 5.32 Å². The van der Waals surface area contributed by atoms with Crippen LogP contribution in [0.5, 0.6) is 0 Å². The second-order valence-corrected chi connectivity index (χ2v) is 6.66. The Morgan fingerprint density at radius 2 is 1.56 bits per heavy atom. The van der Waals surface area contributed by atoms with Crippen molar-refractivity contribution in [2.75, 3.05) is 6.54 Å². The summed E-state index contributed by atoms with van der Waals surface area (Å²) in [5.74, 6) is 0.982. The molecule has 2 saturated carbocycles. The molecule has 0 aliphatic heterocycles. The van der Waals surface area contributed by atoms with Crippen molar-refractivity contribution in [3.05, 3.63) is 0 Å². The lowest BCUT2D eigenvalue weighted by molar-refractivity contribution is 0.173. The first kappa shape index (κ1) is 12.4. The highest BCUT2D eigenvalue weighted by molar-refractivity contribution is 4.84. The first-order valence-corrected chi connectivity index (χ1v) is 7.42. The van der Waals surface area contributed by atoms with Crippen molar-refractivity contribution in [1.82, 2.24) is 5.32 Å². The van der Waals surface area contributed by atoms with Gasteiger partial charge in [-0.05, 0) is 50.0 Å². The monoisotopic (exact) mass is 223 g/mol. The van der Waals surface area contributed by atoms with E-state index in [4.69, 9.17) is 0 Å². The molecule has 0 aromatic rings. The molecule has 0 radical (unpaired) electrons. The third-order valence-electron chi connectivity index (χ3n) is 4.74. The summed E-state index contributed by atoms with van der Waals surface area (Å²) in [4.78, 5) is 0. The molecule has 2 rings (SSSR count). The van der Waals surface area contributed by atoms with E-state index < -0.39 is 0 Å². The minimum Gasteiger partial charge on any atom is -0.314 e. The highest BCUT2D eigenvalue weighted by atomic mass is 14.9. The van der Waals surface area contributed by atoms with E-state index in [1.165, 1.54) is 64.3 Å². The fourth-order valence-electron chi connectivity index (χ4n) is 3.15. The molecule has 0 aromatic carbocycles. The maximum absolute atomic E-state index is 3.67. The van der Waals surface area contributed by atoms with E-state index in [1.807, 2.05) is 0 Å². The number of hydrogen-bond acceptors (Lipinski definition) is 1. The molecule has 94 valence electrons. The molecule has 0 spiro atoms. The fourth-order valence-corrected chi connectivity index (χ4v) is 3.15. The second kappa shape index (κ2) is 5.53. The Labute approximate surface area is 101 Å². The zero-order valence-corrected chi connectivity index (χ0v) is 11.2. The molecule has 16 heavy (non-hydrogen) atoms. The summed E-state index contributed by atoms with van der Waals surface area (Å²) in [6.07, 6.45) is 13.1. The molecular formula is C15H29N. The van der Waals surface area contributed by atoms with Crippen molar-refractivity contribution < 1.29 is 0 Å². The normalized spacial score (nSPS) is 24.4. The first-order chi connectivity index (χ1) is 7.68. The van der Waals surface area contributed by atoms with Gasteiger partial charge in [0.1, 0.15) is 0 Å². The lowest BCUT2D eigenvalue weighted by Gasteiger charge is -2.34. The fraction of sp³-hybridized carbons (Fsp3) is 1.00. The third kappa shape index (κ3) is 3.76. The van der Waals surface area contributed by atoms with E-state index in [2.05, 4.69) is 19.2 Å². The highest BCUT2D eigenvalue weighted by Gasteiger charge is 2.30. The Bertz CT molecular complexity index is 197. The predicted molar refractivity (Wildman–Crippen MR) is 70.6 cm³/mol. The van der Waals surface area contributed by atoms with Crippen molar-refractivity contribution >= 4 is 0 Å². The van der Waals surface area contributed by atoms with E-state index in [-0.39, 0.29) is 0 Å². The third-order valence-corrected chi connectivity index (χ3v) is 4.74. The van der Waals surface area contributed by atoms with Crippen LogP contribution < -0.4 is 5.32 Å². The molecule has 0 bridgehead atoms. The molecule has 0 heterocycles. The van der Waals surface area contributed by atoms with E-state index in [1.54, 1.807) is 0 Å². The molecule has 1 nitrogen and oxygen atoms in total. The minimum atomic E-state index is 0.562. The minimum absolute atomic E-state index is 0.562. The van der Waals surface area contributed by atoms with Crippen LogP contribution in [0.25, 0.3) is 0 Å². The summed E-state index contributed by atoms with van der Waals surface area (Å²) in [6, 6.07) is 0.880. The van der Waals surface area contributed by atoms with Crippen molar-refractivity contribution in [3.8, 4) is 0 Å². The Balaban J connectivity index is 1.73. The molecular weight excluding hydrogens is 194 g/mol. The number of hydrogen-bond donors (Lipinski definition) is 1. The van der Waals surface area contributed by atoms with Gasteiger partial charge in [0, 0.05) is 6.04 Å². The van der Waals surface area contributed by atoms with Gasteiger partial charge in [-0.1, -0.05) is 39.5 Å². The number of rotatable bonds is 5. The van der Waals surface area contributed by atoms with Crippen LogP contribution in [0.15, 0.2) is 0 Å².